The molecule has 0 saturated carbocycles. The van der Waals surface area contributed by atoms with Crippen LogP contribution in [0.15, 0.2) is 78.5 Å². The summed E-state index contributed by atoms with van der Waals surface area (Å²) in [6.45, 7) is -0.311. The van der Waals surface area contributed by atoms with Crippen LogP contribution in [0.4, 0.5) is 20.6 Å². The maximum absolute atomic E-state index is 13.0. The van der Waals surface area contributed by atoms with E-state index in [4.69, 9.17) is 16.3 Å². The third kappa shape index (κ3) is 5.19. The third-order valence-corrected chi connectivity index (χ3v) is 4.92. The summed E-state index contributed by atoms with van der Waals surface area (Å²) in [6, 6.07) is 17.8. The summed E-state index contributed by atoms with van der Waals surface area (Å²) >= 11 is 5.88. The van der Waals surface area contributed by atoms with Crippen LogP contribution < -0.4 is 20.3 Å². The first-order chi connectivity index (χ1) is 15.9. The molecule has 33 heavy (non-hydrogen) atoms. The summed E-state index contributed by atoms with van der Waals surface area (Å²) in [4.78, 5) is 38.4. The van der Waals surface area contributed by atoms with Crippen LogP contribution in [-0.4, -0.2) is 24.5 Å². The van der Waals surface area contributed by atoms with E-state index in [1.807, 2.05) is 0 Å². The molecule has 3 aromatic carbocycles. The van der Waals surface area contributed by atoms with Crippen molar-refractivity contribution in [3.8, 4) is 5.75 Å². The zero-order chi connectivity index (χ0) is 23.4. The second-order valence-electron chi connectivity index (χ2n) is 6.99. The number of anilines is 2. The number of urea groups is 1. The molecule has 4 rings (SSSR count). The Morgan fingerprint density at radius 1 is 1.03 bits per heavy atom. The number of hydrogen-bond donors (Lipinski definition) is 2. The molecule has 0 atom stereocenters. The maximum atomic E-state index is 13.0. The molecule has 1 heterocycles. The molecule has 1 fully saturated rings. The van der Waals surface area contributed by atoms with Gasteiger partial charge in [0.05, 0.1) is 5.69 Å². The molecule has 4 amide bonds. The van der Waals surface area contributed by atoms with E-state index >= 15 is 0 Å². The topological polar surface area (TPSA) is 87.7 Å². The van der Waals surface area contributed by atoms with Crippen molar-refractivity contribution >= 4 is 46.9 Å². The number of carbonyl (C=O) groups excluding carboxylic acids is 3. The van der Waals surface area contributed by atoms with Gasteiger partial charge in [-0.2, -0.15) is 0 Å². The summed E-state index contributed by atoms with van der Waals surface area (Å²) in [5, 5.41) is 5.63. The van der Waals surface area contributed by atoms with Crippen molar-refractivity contribution in [3.63, 3.8) is 0 Å². The number of hydrogen-bond acceptors (Lipinski definition) is 4. The highest BCUT2D eigenvalue weighted by molar-refractivity contribution is 6.31. The molecule has 166 valence electrons. The van der Waals surface area contributed by atoms with Gasteiger partial charge in [-0.15, -0.1) is 0 Å². The van der Waals surface area contributed by atoms with Crippen LogP contribution in [0, 0.1) is 5.82 Å². The minimum absolute atomic E-state index is 0.0572. The van der Waals surface area contributed by atoms with Gasteiger partial charge in [-0.1, -0.05) is 29.8 Å². The van der Waals surface area contributed by atoms with E-state index in [2.05, 4.69) is 10.6 Å². The lowest BCUT2D eigenvalue weighted by atomic mass is 10.1. The summed E-state index contributed by atoms with van der Waals surface area (Å²) in [5.41, 5.74) is 1.37. The predicted octanol–water partition coefficient (Wildman–Crippen LogP) is 4.59. The number of rotatable bonds is 6. The Morgan fingerprint density at radius 2 is 1.73 bits per heavy atom. The average Bonchev–Trinajstić information content (AvgIpc) is 3.08. The van der Waals surface area contributed by atoms with Crippen LogP contribution in [0.3, 0.4) is 0 Å². The molecular formula is C24H17ClFN3O4. The van der Waals surface area contributed by atoms with Crippen LogP contribution in [0.5, 0.6) is 5.75 Å². The van der Waals surface area contributed by atoms with Gasteiger partial charge < -0.3 is 15.4 Å². The van der Waals surface area contributed by atoms with Gasteiger partial charge >= 0.3 is 6.03 Å². The number of ether oxygens (including phenoxy) is 1. The van der Waals surface area contributed by atoms with E-state index in [1.165, 1.54) is 30.3 Å². The molecule has 2 N–H and O–H groups in total. The lowest BCUT2D eigenvalue weighted by molar-refractivity contribution is -0.118. The average molecular weight is 466 g/mol. The normalized spacial score (nSPS) is 14.4. The number of carbonyl (C=O) groups is 3. The summed E-state index contributed by atoms with van der Waals surface area (Å²) < 4.78 is 18.6. The number of nitrogens with zero attached hydrogens (tertiary/aromatic N) is 1. The first-order valence-corrected chi connectivity index (χ1v) is 10.2. The molecule has 7 nitrogen and oxygen atoms in total. The zero-order valence-corrected chi connectivity index (χ0v) is 17.8. The van der Waals surface area contributed by atoms with Crippen LogP contribution in [0.1, 0.15) is 5.56 Å². The van der Waals surface area contributed by atoms with E-state index in [0.29, 0.717) is 27.7 Å². The highest BCUT2D eigenvalue weighted by atomic mass is 35.5. The van der Waals surface area contributed by atoms with Gasteiger partial charge in [-0.25, -0.2) is 14.1 Å². The SMILES string of the molecule is O=C(COc1ccccc1/C=C1/NC(=O)N(c2ccc(Cl)cc2)C1=O)Nc1ccc(F)cc1. The van der Waals surface area contributed by atoms with Gasteiger partial charge in [0.2, 0.25) is 0 Å². The van der Waals surface area contributed by atoms with Crippen molar-refractivity contribution in [1.29, 1.82) is 0 Å². The number of amides is 4. The van der Waals surface area contributed by atoms with Gasteiger partial charge in [-0.3, -0.25) is 9.59 Å². The maximum Gasteiger partial charge on any atom is 0.333 e. The van der Waals surface area contributed by atoms with Crippen molar-refractivity contribution in [1.82, 2.24) is 5.32 Å². The van der Waals surface area contributed by atoms with E-state index in [0.717, 1.165) is 4.90 Å². The van der Waals surface area contributed by atoms with E-state index < -0.39 is 23.7 Å². The standard InChI is InChI=1S/C24H17ClFN3O4/c25-16-5-11-19(12-6-16)29-23(31)20(28-24(29)32)13-15-3-1-2-4-21(15)33-14-22(30)27-18-9-7-17(26)8-10-18/h1-13H,14H2,(H,27,30)(H,28,32)/b20-13+. The van der Waals surface area contributed by atoms with Gasteiger partial charge in [0.15, 0.2) is 6.61 Å². The van der Waals surface area contributed by atoms with Crippen molar-refractivity contribution in [2.24, 2.45) is 0 Å². The molecular weight excluding hydrogens is 449 g/mol. The highest BCUT2D eigenvalue weighted by Gasteiger charge is 2.35. The molecule has 1 saturated heterocycles. The Balaban J connectivity index is 1.47. The second-order valence-corrected chi connectivity index (χ2v) is 7.42. The van der Waals surface area contributed by atoms with E-state index in [9.17, 15) is 18.8 Å². The number of benzene rings is 3. The number of para-hydroxylation sites is 1. The van der Waals surface area contributed by atoms with Crippen molar-refractivity contribution in [2.75, 3.05) is 16.8 Å². The molecule has 0 aliphatic carbocycles. The lowest BCUT2D eigenvalue weighted by Gasteiger charge is -2.11. The Labute approximate surface area is 193 Å². The molecule has 0 bridgehead atoms. The minimum atomic E-state index is -0.592. The molecule has 0 spiro atoms. The lowest BCUT2D eigenvalue weighted by Crippen LogP contribution is -2.30. The van der Waals surface area contributed by atoms with E-state index in [1.54, 1.807) is 48.5 Å². The Kier molecular flexibility index (Phi) is 6.37. The summed E-state index contributed by atoms with van der Waals surface area (Å²) in [6.07, 6.45) is 1.48. The zero-order valence-electron chi connectivity index (χ0n) is 17.0. The van der Waals surface area contributed by atoms with Crippen LogP contribution >= 0.6 is 11.6 Å². The van der Waals surface area contributed by atoms with Gasteiger partial charge in [0.25, 0.3) is 11.8 Å². The fraction of sp³-hybridized carbons (Fsp3) is 0.0417. The van der Waals surface area contributed by atoms with Crippen LogP contribution in [-0.2, 0) is 9.59 Å². The van der Waals surface area contributed by atoms with Crippen molar-refractivity contribution in [3.05, 3.63) is 94.9 Å². The highest BCUT2D eigenvalue weighted by Crippen LogP contribution is 2.26. The molecule has 9 heteroatoms. The Morgan fingerprint density at radius 3 is 2.45 bits per heavy atom. The number of halogens is 2. The van der Waals surface area contributed by atoms with Crippen LogP contribution in [0.25, 0.3) is 6.08 Å². The fourth-order valence-electron chi connectivity index (χ4n) is 3.12. The minimum Gasteiger partial charge on any atom is -0.483 e. The number of nitrogens with one attached hydrogen (secondary N) is 2. The van der Waals surface area contributed by atoms with Gasteiger partial charge in [-0.05, 0) is 60.7 Å². The first kappa shape index (κ1) is 22.0. The summed E-state index contributed by atoms with van der Waals surface area (Å²) in [5.74, 6) is -1.05. The molecule has 0 unspecified atom stereocenters. The molecule has 1 aliphatic rings. The smallest absolute Gasteiger partial charge is 0.333 e. The third-order valence-electron chi connectivity index (χ3n) is 4.67. The van der Waals surface area contributed by atoms with Gasteiger partial charge in [0.1, 0.15) is 17.3 Å². The molecule has 0 aromatic heterocycles. The van der Waals surface area contributed by atoms with Crippen molar-refractivity contribution < 1.29 is 23.5 Å². The number of imide groups is 1. The van der Waals surface area contributed by atoms with E-state index in [-0.39, 0.29) is 12.3 Å². The first-order valence-electron chi connectivity index (χ1n) is 9.80. The van der Waals surface area contributed by atoms with Crippen molar-refractivity contribution in [2.45, 2.75) is 0 Å². The molecule has 3 aromatic rings. The quantitative estimate of drug-likeness (QED) is 0.411. The van der Waals surface area contributed by atoms with Gasteiger partial charge in [0, 0.05) is 16.3 Å². The molecule has 1 aliphatic heterocycles. The second kappa shape index (κ2) is 9.54. The Bertz CT molecular complexity index is 1240. The molecule has 0 radical (unpaired) electrons. The largest absolute Gasteiger partial charge is 0.483 e. The fourth-order valence-corrected chi connectivity index (χ4v) is 3.25. The predicted molar refractivity (Wildman–Crippen MR) is 122 cm³/mol. The van der Waals surface area contributed by atoms with Crippen LogP contribution in [0.2, 0.25) is 5.02 Å². The summed E-state index contributed by atoms with van der Waals surface area (Å²) in [7, 11) is 0. The monoisotopic (exact) mass is 465 g/mol. The Hall–Kier alpha value is -4.17.